The van der Waals surface area contributed by atoms with Gasteiger partial charge < -0.3 is 15.0 Å². The number of nitrogens with zero attached hydrogens (tertiary/aromatic N) is 3. The van der Waals surface area contributed by atoms with Crippen molar-refractivity contribution in [3.8, 4) is 5.75 Å². The van der Waals surface area contributed by atoms with Crippen molar-refractivity contribution in [1.82, 2.24) is 20.0 Å². The zero-order chi connectivity index (χ0) is 23.5. The fraction of sp³-hybridized carbons (Fsp3) is 0.429. The molecule has 1 unspecified atom stereocenters. The van der Waals surface area contributed by atoms with Crippen LogP contribution in [-0.4, -0.2) is 46.8 Å². The highest BCUT2D eigenvalue weighted by Crippen LogP contribution is 2.30. The molecule has 0 bridgehead atoms. The van der Waals surface area contributed by atoms with E-state index in [1.165, 1.54) is 28.5 Å². The van der Waals surface area contributed by atoms with Crippen LogP contribution in [0, 0.1) is 0 Å². The number of rotatable bonds is 7. The first-order valence-electron chi connectivity index (χ1n) is 12.5. The van der Waals surface area contributed by atoms with Crippen molar-refractivity contribution in [2.24, 2.45) is 0 Å². The molecule has 1 fully saturated rings. The van der Waals surface area contributed by atoms with E-state index in [1.807, 2.05) is 21.7 Å². The van der Waals surface area contributed by atoms with Crippen LogP contribution in [0.5, 0.6) is 5.75 Å². The van der Waals surface area contributed by atoms with Gasteiger partial charge in [-0.25, -0.2) is 0 Å². The highest BCUT2D eigenvalue weighted by atomic mass is 16.5. The molecule has 2 heterocycles. The lowest BCUT2D eigenvalue weighted by Crippen LogP contribution is -2.38. The van der Waals surface area contributed by atoms with E-state index in [-0.39, 0.29) is 11.9 Å². The van der Waals surface area contributed by atoms with Gasteiger partial charge in [0.05, 0.1) is 13.7 Å². The van der Waals surface area contributed by atoms with Gasteiger partial charge in [0.1, 0.15) is 5.75 Å². The van der Waals surface area contributed by atoms with E-state index in [0.29, 0.717) is 12.2 Å². The van der Waals surface area contributed by atoms with E-state index in [0.717, 1.165) is 63.1 Å². The van der Waals surface area contributed by atoms with Gasteiger partial charge in [-0.3, -0.25) is 9.48 Å². The summed E-state index contributed by atoms with van der Waals surface area (Å²) >= 11 is 0. The molecule has 1 aliphatic carbocycles. The third kappa shape index (κ3) is 4.34. The summed E-state index contributed by atoms with van der Waals surface area (Å²) in [4.78, 5) is 15.4. The van der Waals surface area contributed by atoms with Crippen LogP contribution in [0.2, 0.25) is 0 Å². The third-order valence-corrected chi connectivity index (χ3v) is 7.28. The van der Waals surface area contributed by atoms with Crippen molar-refractivity contribution in [2.45, 2.75) is 57.7 Å². The fourth-order valence-corrected chi connectivity index (χ4v) is 5.49. The minimum atomic E-state index is 0.0927. The number of methoxy groups -OCH3 is 1. The molecule has 3 aromatic rings. The Balaban J connectivity index is 1.38. The number of benzene rings is 2. The van der Waals surface area contributed by atoms with Gasteiger partial charge in [-0.2, -0.15) is 5.10 Å². The van der Waals surface area contributed by atoms with Gasteiger partial charge in [-0.15, -0.1) is 6.58 Å². The standard InChI is InChI=1S/C28H34N4O2/c1-3-15-32-25-13-12-21(18-23(25)27(30-32)28(33)31-16-7-4-8-17-31)29-19-24-22-10-6-5-9-20(22)11-14-26(24)34-2/h3,5-6,9-11,14,21,29H,1,4,7-8,12-13,15-19H2,2H3. The Morgan fingerprint density at radius 1 is 1.21 bits per heavy atom. The number of carbonyl (C=O) groups excluding carboxylic acids is 1. The van der Waals surface area contributed by atoms with E-state index in [1.54, 1.807) is 7.11 Å². The summed E-state index contributed by atoms with van der Waals surface area (Å²) in [6.45, 7) is 6.93. The molecule has 178 valence electrons. The summed E-state index contributed by atoms with van der Waals surface area (Å²) < 4.78 is 7.67. The molecule has 5 rings (SSSR count). The predicted octanol–water partition coefficient (Wildman–Crippen LogP) is 4.50. The van der Waals surface area contributed by atoms with Crippen molar-refractivity contribution in [1.29, 1.82) is 0 Å². The van der Waals surface area contributed by atoms with Gasteiger partial charge in [0.25, 0.3) is 5.91 Å². The number of likely N-dealkylation sites (tertiary alicyclic amines) is 1. The molecule has 1 aromatic heterocycles. The van der Waals surface area contributed by atoms with Crippen molar-refractivity contribution < 1.29 is 9.53 Å². The highest BCUT2D eigenvalue weighted by molar-refractivity contribution is 5.94. The second-order valence-electron chi connectivity index (χ2n) is 9.39. The smallest absolute Gasteiger partial charge is 0.274 e. The van der Waals surface area contributed by atoms with Crippen molar-refractivity contribution in [3.63, 3.8) is 0 Å². The van der Waals surface area contributed by atoms with Crippen LogP contribution >= 0.6 is 0 Å². The van der Waals surface area contributed by atoms with Crippen molar-refractivity contribution in [3.05, 3.63) is 71.6 Å². The minimum absolute atomic E-state index is 0.0927. The molecule has 0 spiro atoms. The Kier molecular flexibility index (Phi) is 6.68. The molecule has 2 aromatic carbocycles. The van der Waals surface area contributed by atoms with E-state index < -0.39 is 0 Å². The molecular formula is C28H34N4O2. The lowest BCUT2D eigenvalue weighted by Gasteiger charge is -2.28. The summed E-state index contributed by atoms with van der Waals surface area (Å²) in [7, 11) is 1.73. The molecule has 6 nitrogen and oxygen atoms in total. The van der Waals surface area contributed by atoms with Crippen LogP contribution in [0.15, 0.2) is 49.1 Å². The molecule has 34 heavy (non-hydrogen) atoms. The zero-order valence-electron chi connectivity index (χ0n) is 20.1. The van der Waals surface area contributed by atoms with Gasteiger partial charge in [-0.1, -0.05) is 36.4 Å². The molecule has 1 amide bonds. The second kappa shape index (κ2) is 10.0. The molecule has 2 aliphatic rings. The van der Waals surface area contributed by atoms with Crippen LogP contribution < -0.4 is 10.1 Å². The van der Waals surface area contributed by atoms with Gasteiger partial charge in [0.2, 0.25) is 0 Å². The molecule has 1 aliphatic heterocycles. The van der Waals surface area contributed by atoms with Crippen LogP contribution in [-0.2, 0) is 25.9 Å². The molecular weight excluding hydrogens is 424 g/mol. The predicted molar refractivity (Wildman–Crippen MR) is 135 cm³/mol. The lowest BCUT2D eigenvalue weighted by atomic mass is 9.90. The number of ether oxygens (including phenoxy) is 1. The first kappa shape index (κ1) is 22.7. The summed E-state index contributed by atoms with van der Waals surface area (Å²) in [5, 5.41) is 11.0. The average Bonchev–Trinajstić information content (AvgIpc) is 3.25. The Morgan fingerprint density at radius 3 is 2.82 bits per heavy atom. The number of piperidine rings is 1. The summed E-state index contributed by atoms with van der Waals surface area (Å²) in [6.07, 6.45) is 7.97. The maximum absolute atomic E-state index is 13.4. The largest absolute Gasteiger partial charge is 0.496 e. The molecule has 6 heteroatoms. The first-order valence-corrected chi connectivity index (χ1v) is 12.5. The number of nitrogens with one attached hydrogen (secondary N) is 1. The number of hydrogen-bond donors (Lipinski definition) is 1. The topological polar surface area (TPSA) is 59.4 Å². The third-order valence-electron chi connectivity index (χ3n) is 7.28. The molecule has 0 saturated carbocycles. The van der Waals surface area contributed by atoms with Crippen LogP contribution in [0.3, 0.4) is 0 Å². The number of hydrogen-bond acceptors (Lipinski definition) is 4. The number of aromatic nitrogens is 2. The van der Waals surface area contributed by atoms with Crippen LogP contribution in [0.1, 0.15) is 53.0 Å². The Hall–Kier alpha value is -3.12. The maximum atomic E-state index is 13.4. The Labute approximate surface area is 201 Å². The molecule has 0 radical (unpaired) electrons. The molecule has 1 N–H and O–H groups in total. The first-order chi connectivity index (χ1) is 16.7. The van der Waals surface area contributed by atoms with E-state index in [4.69, 9.17) is 9.84 Å². The summed E-state index contributed by atoms with van der Waals surface area (Å²) in [6, 6.07) is 12.9. The maximum Gasteiger partial charge on any atom is 0.274 e. The highest BCUT2D eigenvalue weighted by Gasteiger charge is 2.31. The summed E-state index contributed by atoms with van der Waals surface area (Å²) in [5.74, 6) is 0.998. The number of carbonyl (C=O) groups is 1. The SMILES string of the molecule is C=CCn1nc(C(=O)N2CCCCC2)c2c1CCC(NCc1c(OC)ccc3ccccc13)C2. The Bertz CT molecular complexity index is 1190. The molecule has 1 saturated heterocycles. The number of allylic oxidation sites excluding steroid dienone is 1. The van der Waals surface area contributed by atoms with Crippen LogP contribution in [0.25, 0.3) is 10.8 Å². The Morgan fingerprint density at radius 2 is 2.03 bits per heavy atom. The molecule has 1 atom stereocenters. The number of amides is 1. The van der Waals surface area contributed by atoms with E-state index in [9.17, 15) is 4.79 Å². The van der Waals surface area contributed by atoms with Crippen molar-refractivity contribution in [2.75, 3.05) is 20.2 Å². The van der Waals surface area contributed by atoms with Crippen molar-refractivity contribution >= 4 is 16.7 Å². The normalized spacial score (nSPS) is 18.0. The number of fused-ring (bicyclic) bond motifs is 2. The minimum Gasteiger partial charge on any atom is -0.496 e. The van der Waals surface area contributed by atoms with Gasteiger partial charge in [0, 0.05) is 42.5 Å². The van der Waals surface area contributed by atoms with Gasteiger partial charge in [-0.05, 0) is 55.4 Å². The van der Waals surface area contributed by atoms with Crippen LogP contribution in [0.4, 0.5) is 0 Å². The zero-order valence-corrected chi connectivity index (χ0v) is 20.1. The van der Waals surface area contributed by atoms with Gasteiger partial charge in [0.15, 0.2) is 5.69 Å². The quantitative estimate of drug-likeness (QED) is 0.530. The average molecular weight is 459 g/mol. The lowest BCUT2D eigenvalue weighted by molar-refractivity contribution is 0.0716. The van der Waals surface area contributed by atoms with E-state index >= 15 is 0 Å². The van der Waals surface area contributed by atoms with E-state index in [2.05, 4.69) is 42.2 Å². The summed E-state index contributed by atoms with van der Waals surface area (Å²) in [5.41, 5.74) is 4.14. The fourth-order valence-electron chi connectivity index (χ4n) is 5.49. The van der Waals surface area contributed by atoms with Gasteiger partial charge >= 0.3 is 0 Å². The second-order valence-corrected chi connectivity index (χ2v) is 9.39. The monoisotopic (exact) mass is 458 g/mol.